The lowest BCUT2D eigenvalue weighted by molar-refractivity contribution is -0.137. The molecule has 4 aromatic rings. The minimum atomic E-state index is -4.49. The first-order valence-corrected chi connectivity index (χ1v) is 12.0. The first-order valence-electron chi connectivity index (χ1n) is 12.0. The SMILES string of the molecule is O=C(Cc1ccc(-c2ccc3nc(Nc4ccccc4C(F)(F)F)nn3c2)cc1)CN1CCCCC1. The largest absolute Gasteiger partial charge is 0.418 e. The highest BCUT2D eigenvalue weighted by molar-refractivity contribution is 5.83. The molecule has 3 heterocycles. The summed E-state index contributed by atoms with van der Waals surface area (Å²) in [4.78, 5) is 19.0. The molecule has 0 saturated carbocycles. The fraction of sp³-hybridized carbons (Fsp3) is 0.296. The first kappa shape index (κ1) is 24.0. The average molecular weight is 494 g/mol. The molecule has 36 heavy (non-hydrogen) atoms. The summed E-state index contributed by atoms with van der Waals surface area (Å²) in [5.74, 6) is 0.298. The van der Waals surface area contributed by atoms with E-state index in [-0.39, 0.29) is 17.4 Å². The average Bonchev–Trinajstić information content (AvgIpc) is 3.26. The van der Waals surface area contributed by atoms with Crippen molar-refractivity contribution in [2.24, 2.45) is 0 Å². The lowest BCUT2D eigenvalue weighted by Gasteiger charge is -2.25. The summed E-state index contributed by atoms with van der Waals surface area (Å²) >= 11 is 0. The quantitative estimate of drug-likeness (QED) is 0.355. The number of hydrogen-bond donors (Lipinski definition) is 1. The van der Waals surface area contributed by atoms with Crippen LogP contribution in [-0.4, -0.2) is 44.9 Å². The first-order chi connectivity index (χ1) is 17.3. The Bertz CT molecular complexity index is 1360. The van der Waals surface area contributed by atoms with Crippen molar-refractivity contribution < 1.29 is 18.0 Å². The second-order valence-electron chi connectivity index (χ2n) is 9.07. The van der Waals surface area contributed by atoms with Crippen molar-refractivity contribution in [1.82, 2.24) is 19.5 Å². The summed E-state index contributed by atoms with van der Waals surface area (Å²) in [5, 5.41) is 6.99. The fourth-order valence-corrected chi connectivity index (χ4v) is 4.53. The second kappa shape index (κ2) is 10.1. The molecule has 0 aliphatic carbocycles. The summed E-state index contributed by atoms with van der Waals surface area (Å²) in [6.07, 6.45) is 1.27. The molecule has 1 N–H and O–H groups in total. The van der Waals surface area contributed by atoms with Crippen molar-refractivity contribution in [2.75, 3.05) is 25.0 Å². The topological polar surface area (TPSA) is 62.5 Å². The number of ketones is 1. The predicted molar refractivity (Wildman–Crippen MR) is 132 cm³/mol. The number of pyridine rings is 1. The van der Waals surface area contributed by atoms with Gasteiger partial charge in [0.05, 0.1) is 17.8 Å². The van der Waals surface area contributed by atoms with Crippen LogP contribution < -0.4 is 5.32 Å². The Hall–Kier alpha value is -3.72. The third-order valence-corrected chi connectivity index (χ3v) is 6.35. The minimum Gasteiger partial charge on any atom is -0.322 e. The van der Waals surface area contributed by atoms with Gasteiger partial charge < -0.3 is 5.32 Å². The predicted octanol–water partition coefficient (Wildman–Crippen LogP) is 5.76. The molecule has 0 radical (unpaired) electrons. The van der Waals surface area contributed by atoms with E-state index in [9.17, 15) is 18.0 Å². The lowest BCUT2D eigenvalue weighted by atomic mass is 10.0. The number of likely N-dealkylation sites (tertiary alicyclic amines) is 1. The van der Waals surface area contributed by atoms with E-state index in [1.54, 1.807) is 12.3 Å². The van der Waals surface area contributed by atoms with E-state index >= 15 is 0 Å². The summed E-state index contributed by atoms with van der Waals surface area (Å²) in [5.41, 5.74) is 2.41. The monoisotopic (exact) mass is 493 g/mol. The Morgan fingerprint density at radius 2 is 1.64 bits per heavy atom. The number of carbonyl (C=O) groups excluding carboxylic acids is 1. The number of piperidine rings is 1. The maximum atomic E-state index is 13.3. The van der Waals surface area contributed by atoms with Gasteiger partial charge in [0.1, 0.15) is 0 Å². The van der Waals surface area contributed by atoms with Gasteiger partial charge in [0, 0.05) is 18.2 Å². The Labute approximate surface area is 206 Å². The van der Waals surface area contributed by atoms with Crippen LogP contribution in [0.5, 0.6) is 0 Å². The number of nitrogens with zero attached hydrogens (tertiary/aromatic N) is 4. The number of hydrogen-bond acceptors (Lipinski definition) is 5. The number of benzene rings is 2. The number of carbonyl (C=O) groups is 1. The zero-order chi connectivity index (χ0) is 25.1. The summed E-state index contributed by atoms with van der Waals surface area (Å²) < 4.78 is 41.4. The highest BCUT2D eigenvalue weighted by Crippen LogP contribution is 2.35. The maximum Gasteiger partial charge on any atom is 0.418 e. The van der Waals surface area contributed by atoms with Crippen molar-refractivity contribution in [3.05, 3.63) is 78.0 Å². The van der Waals surface area contributed by atoms with Crippen LogP contribution in [0.3, 0.4) is 0 Å². The van der Waals surface area contributed by atoms with Crippen molar-refractivity contribution in [3.8, 4) is 11.1 Å². The zero-order valence-electron chi connectivity index (χ0n) is 19.6. The van der Waals surface area contributed by atoms with Gasteiger partial charge in [-0.3, -0.25) is 9.69 Å². The van der Waals surface area contributed by atoms with E-state index in [4.69, 9.17) is 0 Å². The number of halogens is 3. The zero-order valence-corrected chi connectivity index (χ0v) is 19.6. The molecule has 1 fully saturated rings. The van der Waals surface area contributed by atoms with Gasteiger partial charge in [-0.15, -0.1) is 5.10 Å². The van der Waals surface area contributed by atoms with Crippen LogP contribution in [0.15, 0.2) is 66.9 Å². The van der Waals surface area contributed by atoms with Crippen molar-refractivity contribution in [3.63, 3.8) is 0 Å². The molecule has 9 heteroatoms. The van der Waals surface area contributed by atoms with Gasteiger partial charge in [0.15, 0.2) is 11.4 Å². The van der Waals surface area contributed by atoms with E-state index in [2.05, 4.69) is 20.3 Å². The Morgan fingerprint density at radius 1 is 0.917 bits per heavy atom. The lowest BCUT2D eigenvalue weighted by Crippen LogP contribution is -2.35. The Morgan fingerprint density at radius 3 is 2.39 bits per heavy atom. The molecule has 1 aliphatic rings. The molecule has 0 unspecified atom stereocenters. The molecule has 2 aromatic carbocycles. The highest BCUT2D eigenvalue weighted by Gasteiger charge is 2.33. The third-order valence-electron chi connectivity index (χ3n) is 6.35. The van der Waals surface area contributed by atoms with Gasteiger partial charge in [-0.2, -0.15) is 18.2 Å². The van der Waals surface area contributed by atoms with Crippen molar-refractivity contribution in [2.45, 2.75) is 31.9 Å². The normalized spacial score (nSPS) is 14.8. The number of alkyl halides is 3. The van der Waals surface area contributed by atoms with Gasteiger partial charge in [0.25, 0.3) is 0 Å². The van der Waals surface area contributed by atoms with E-state index in [1.165, 1.54) is 29.1 Å². The van der Waals surface area contributed by atoms with Gasteiger partial charge in [-0.25, -0.2) is 4.52 Å². The molecule has 0 bridgehead atoms. The highest BCUT2D eigenvalue weighted by atomic mass is 19.4. The number of fused-ring (bicyclic) bond motifs is 1. The Balaban J connectivity index is 1.28. The van der Waals surface area contributed by atoms with Crippen LogP contribution in [0, 0.1) is 0 Å². The molecule has 186 valence electrons. The van der Waals surface area contributed by atoms with Gasteiger partial charge >= 0.3 is 6.18 Å². The molecule has 0 atom stereocenters. The molecule has 2 aromatic heterocycles. The van der Waals surface area contributed by atoms with Crippen LogP contribution in [0.1, 0.15) is 30.4 Å². The summed E-state index contributed by atoms with van der Waals surface area (Å²) in [7, 11) is 0. The van der Waals surface area contributed by atoms with E-state index in [0.717, 1.165) is 48.7 Å². The smallest absolute Gasteiger partial charge is 0.322 e. The second-order valence-corrected chi connectivity index (χ2v) is 9.07. The molecule has 1 aliphatic heterocycles. The molecule has 1 saturated heterocycles. The fourth-order valence-electron chi connectivity index (χ4n) is 4.53. The number of Topliss-reactive ketones (excluding diaryl/α,β-unsaturated/α-hetero) is 1. The van der Waals surface area contributed by atoms with Crippen molar-refractivity contribution >= 4 is 23.1 Å². The van der Waals surface area contributed by atoms with Crippen LogP contribution >= 0.6 is 0 Å². The third kappa shape index (κ3) is 5.57. The van der Waals surface area contributed by atoms with Crippen molar-refractivity contribution in [1.29, 1.82) is 0 Å². The van der Waals surface area contributed by atoms with Crippen LogP contribution in [0.4, 0.5) is 24.8 Å². The van der Waals surface area contributed by atoms with E-state index < -0.39 is 11.7 Å². The molecule has 0 spiro atoms. The van der Waals surface area contributed by atoms with Gasteiger partial charge in [0.2, 0.25) is 5.95 Å². The summed E-state index contributed by atoms with van der Waals surface area (Å²) in [6, 6.07) is 16.7. The number of rotatable bonds is 7. The molecule has 5 rings (SSSR count). The molecular formula is C27H26F3N5O. The number of nitrogens with one attached hydrogen (secondary N) is 1. The number of para-hydroxylation sites is 1. The minimum absolute atomic E-state index is 0.0754. The standard InChI is InChI=1S/C27H26F3N5O/c28-27(29,30)23-6-2-3-7-24(23)31-26-32-25-13-12-21(17-35(25)33-26)20-10-8-19(9-11-20)16-22(36)18-34-14-4-1-5-15-34/h2-3,6-13,17H,1,4-5,14-16,18H2,(H,31,33). The maximum absolute atomic E-state index is 13.3. The summed E-state index contributed by atoms with van der Waals surface area (Å²) in [6.45, 7) is 2.51. The Kier molecular flexibility index (Phi) is 6.73. The van der Waals surface area contributed by atoms with E-state index in [1.807, 2.05) is 30.3 Å². The molecule has 6 nitrogen and oxygen atoms in total. The molecule has 0 amide bonds. The van der Waals surface area contributed by atoms with Gasteiger partial charge in [-0.1, -0.05) is 42.8 Å². The molecular weight excluding hydrogens is 467 g/mol. The number of anilines is 2. The number of aromatic nitrogens is 3. The van der Waals surface area contributed by atoms with Crippen LogP contribution in [-0.2, 0) is 17.4 Å². The van der Waals surface area contributed by atoms with Crippen LogP contribution in [0.25, 0.3) is 16.8 Å². The van der Waals surface area contributed by atoms with Crippen LogP contribution in [0.2, 0.25) is 0 Å². The van der Waals surface area contributed by atoms with E-state index in [0.29, 0.717) is 18.6 Å². The van der Waals surface area contributed by atoms with Gasteiger partial charge in [-0.05, 0) is 61.3 Å².